The summed E-state index contributed by atoms with van der Waals surface area (Å²) < 4.78 is 28.7. The first-order chi connectivity index (χ1) is 17.3. The number of piperidine rings is 1. The van der Waals surface area contributed by atoms with Crippen LogP contribution < -0.4 is 4.90 Å². The first kappa shape index (κ1) is 24.5. The summed E-state index contributed by atoms with van der Waals surface area (Å²) in [5.74, 6) is -0.241. The van der Waals surface area contributed by atoms with Crippen LogP contribution in [0.4, 0.5) is 5.13 Å². The van der Waals surface area contributed by atoms with Gasteiger partial charge in [-0.25, -0.2) is 13.4 Å². The normalized spacial score (nSPS) is 14.7. The van der Waals surface area contributed by atoms with Crippen molar-refractivity contribution in [3.63, 3.8) is 0 Å². The third kappa shape index (κ3) is 4.91. The molecule has 0 atom stereocenters. The van der Waals surface area contributed by atoms with Crippen molar-refractivity contribution in [2.45, 2.75) is 44.6 Å². The Bertz CT molecular complexity index is 1490. The molecule has 186 valence electrons. The van der Waals surface area contributed by atoms with E-state index in [1.807, 2.05) is 32.0 Å². The summed E-state index contributed by atoms with van der Waals surface area (Å²) >= 11 is 1.48. The molecule has 36 heavy (non-hydrogen) atoms. The number of benzene rings is 2. The van der Waals surface area contributed by atoms with Crippen LogP contribution in [0.2, 0.25) is 0 Å². The SMILES string of the molecule is Cc1cc(C)c2sc(N(Cc3cccnc3)C(=O)c3ccc(S(=O)(=O)N4CCCCC4)cc3)nc2c1. The topological polar surface area (TPSA) is 83.5 Å². The minimum atomic E-state index is -3.56. The van der Waals surface area contributed by atoms with Crippen LogP contribution in [-0.4, -0.2) is 41.7 Å². The maximum atomic E-state index is 13.8. The van der Waals surface area contributed by atoms with Crippen molar-refractivity contribution >= 4 is 42.6 Å². The predicted molar refractivity (Wildman–Crippen MR) is 143 cm³/mol. The molecule has 1 amide bonds. The van der Waals surface area contributed by atoms with Crippen molar-refractivity contribution in [2.75, 3.05) is 18.0 Å². The van der Waals surface area contributed by atoms with E-state index in [1.165, 1.54) is 27.8 Å². The highest BCUT2D eigenvalue weighted by atomic mass is 32.2. The summed E-state index contributed by atoms with van der Waals surface area (Å²) in [5, 5.41) is 0.595. The van der Waals surface area contributed by atoms with Gasteiger partial charge < -0.3 is 0 Å². The van der Waals surface area contributed by atoms with Gasteiger partial charge in [0.05, 0.1) is 21.7 Å². The molecule has 1 saturated heterocycles. The largest absolute Gasteiger partial charge is 0.279 e. The van der Waals surface area contributed by atoms with Crippen molar-refractivity contribution in [3.8, 4) is 0 Å². The molecule has 2 aromatic carbocycles. The summed E-state index contributed by atoms with van der Waals surface area (Å²) in [6.07, 6.45) is 6.23. The highest BCUT2D eigenvalue weighted by molar-refractivity contribution is 7.89. The Morgan fingerprint density at radius 1 is 1.06 bits per heavy atom. The van der Waals surface area contributed by atoms with Gasteiger partial charge in [-0.15, -0.1) is 0 Å². The summed E-state index contributed by atoms with van der Waals surface area (Å²) in [4.78, 5) is 24.6. The number of pyridine rings is 1. The minimum Gasteiger partial charge on any atom is -0.279 e. The lowest BCUT2D eigenvalue weighted by Crippen LogP contribution is -2.35. The molecule has 0 saturated carbocycles. The second kappa shape index (κ2) is 10.1. The molecular weight excluding hydrogens is 492 g/mol. The zero-order valence-corrected chi connectivity index (χ0v) is 22.0. The molecule has 1 aliphatic heterocycles. The Hall–Kier alpha value is -3.14. The van der Waals surface area contributed by atoms with Gasteiger partial charge in [-0.05, 0) is 79.8 Å². The minimum absolute atomic E-state index is 0.214. The molecule has 0 radical (unpaired) electrons. The van der Waals surface area contributed by atoms with Gasteiger partial charge in [0, 0.05) is 31.0 Å². The molecule has 9 heteroatoms. The molecule has 0 aliphatic carbocycles. The second-order valence-electron chi connectivity index (χ2n) is 9.17. The van der Waals surface area contributed by atoms with Gasteiger partial charge in [0.1, 0.15) is 0 Å². The van der Waals surface area contributed by atoms with Crippen LogP contribution in [0.1, 0.15) is 46.3 Å². The average molecular weight is 521 g/mol. The van der Waals surface area contributed by atoms with Crippen LogP contribution >= 0.6 is 11.3 Å². The number of amides is 1. The molecule has 7 nitrogen and oxygen atoms in total. The second-order valence-corrected chi connectivity index (χ2v) is 12.1. The van der Waals surface area contributed by atoms with E-state index < -0.39 is 10.0 Å². The zero-order chi connectivity index (χ0) is 25.3. The molecular formula is C27H28N4O3S2. The third-order valence-corrected chi connectivity index (χ3v) is 9.54. The van der Waals surface area contributed by atoms with E-state index in [0.29, 0.717) is 30.3 Å². The Labute approximate surface area is 215 Å². The first-order valence-electron chi connectivity index (χ1n) is 12.0. The monoisotopic (exact) mass is 520 g/mol. The van der Waals surface area contributed by atoms with Crippen LogP contribution in [0.3, 0.4) is 0 Å². The third-order valence-electron chi connectivity index (χ3n) is 6.40. The van der Waals surface area contributed by atoms with Crippen LogP contribution in [0.5, 0.6) is 0 Å². The van der Waals surface area contributed by atoms with Gasteiger partial charge in [-0.1, -0.05) is 29.9 Å². The standard InChI is InChI=1S/C27H28N4O3S2/c1-19-15-20(2)25-24(16-19)29-27(35-25)31(18-21-7-6-12-28-17-21)26(32)22-8-10-23(11-9-22)36(33,34)30-13-4-3-5-14-30/h6-12,15-17H,3-5,13-14,18H2,1-2H3. The number of fused-ring (bicyclic) bond motifs is 1. The number of carbonyl (C=O) groups is 1. The van der Waals surface area contributed by atoms with E-state index in [1.54, 1.807) is 29.4 Å². The molecule has 1 aliphatic rings. The quantitative estimate of drug-likeness (QED) is 0.343. The van der Waals surface area contributed by atoms with Crippen molar-refractivity contribution in [1.29, 1.82) is 0 Å². The fourth-order valence-electron chi connectivity index (χ4n) is 4.56. The molecule has 1 fully saturated rings. The highest BCUT2D eigenvalue weighted by Gasteiger charge is 2.27. The molecule has 3 heterocycles. The molecule has 0 bridgehead atoms. The Morgan fingerprint density at radius 2 is 1.81 bits per heavy atom. The lowest BCUT2D eigenvalue weighted by atomic mass is 10.1. The summed E-state index contributed by atoms with van der Waals surface area (Å²) in [6.45, 7) is 5.46. The summed E-state index contributed by atoms with van der Waals surface area (Å²) in [7, 11) is -3.56. The lowest BCUT2D eigenvalue weighted by Gasteiger charge is -2.26. The van der Waals surface area contributed by atoms with Crippen LogP contribution in [0, 0.1) is 13.8 Å². The Morgan fingerprint density at radius 3 is 2.50 bits per heavy atom. The van der Waals surface area contributed by atoms with E-state index >= 15 is 0 Å². The van der Waals surface area contributed by atoms with Crippen molar-refractivity contribution in [2.24, 2.45) is 0 Å². The number of aromatic nitrogens is 2. The van der Waals surface area contributed by atoms with E-state index in [4.69, 9.17) is 4.98 Å². The van der Waals surface area contributed by atoms with Crippen LogP contribution in [-0.2, 0) is 16.6 Å². The zero-order valence-electron chi connectivity index (χ0n) is 20.3. The number of sulfonamides is 1. The van der Waals surface area contributed by atoms with E-state index in [-0.39, 0.29) is 10.8 Å². The molecule has 0 N–H and O–H groups in total. The van der Waals surface area contributed by atoms with Gasteiger partial charge >= 0.3 is 0 Å². The number of nitrogens with zero attached hydrogens (tertiary/aromatic N) is 4. The van der Waals surface area contributed by atoms with Gasteiger partial charge in [0.25, 0.3) is 5.91 Å². The van der Waals surface area contributed by atoms with E-state index in [2.05, 4.69) is 11.1 Å². The van der Waals surface area contributed by atoms with E-state index in [0.717, 1.165) is 46.2 Å². The average Bonchev–Trinajstić information content (AvgIpc) is 3.32. The number of thiazole rings is 1. The summed E-state index contributed by atoms with van der Waals surface area (Å²) in [5.41, 5.74) is 4.38. The van der Waals surface area contributed by atoms with Gasteiger partial charge in [0.15, 0.2) is 5.13 Å². The van der Waals surface area contributed by atoms with Crippen LogP contribution in [0.25, 0.3) is 10.2 Å². The number of rotatable bonds is 6. The van der Waals surface area contributed by atoms with Gasteiger partial charge in [-0.3, -0.25) is 14.7 Å². The molecule has 2 aromatic heterocycles. The van der Waals surface area contributed by atoms with E-state index in [9.17, 15) is 13.2 Å². The number of hydrogen-bond donors (Lipinski definition) is 0. The molecule has 4 aromatic rings. The van der Waals surface area contributed by atoms with Crippen molar-refractivity contribution in [3.05, 3.63) is 83.2 Å². The summed E-state index contributed by atoms with van der Waals surface area (Å²) in [6, 6.07) is 14.1. The smallest absolute Gasteiger partial charge is 0.260 e. The van der Waals surface area contributed by atoms with Crippen molar-refractivity contribution in [1.82, 2.24) is 14.3 Å². The molecule has 0 spiro atoms. The maximum Gasteiger partial charge on any atom is 0.260 e. The Balaban J connectivity index is 1.49. The van der Waals surface area contributed by atoms with Crippen molar-refractivity contribution < 1.29 is 13.2 Å². The first-order valence-corrected chi connectivity index (χ1v) is 14.3. The highest BCUT2D eigenvalue weighted by Crippen LogP contribution is 2.34. The van der Waals surface area contributed by atoms with Crippen LogP contribution in [0.15, 0.2) is 65.8 Å². The fourth-order valence-corrected chi connectivity index (χ4v) is 7.09. The molecule has 0 unspecified atom stereocenters. The van der Waals surface area contributed by atoms with Gasteiger partial charge in [-0.2, -0.15) is 4.31 Å². The number of anilines is 1. The number of aryl methyl sites for hydroxylation is 2. The lowest BCUT2D eigenvalue weighted by molar-refractivity contribution is 0.0985. The van der Waals surface area contributed by atoms with Gasteiger partial charge in [0.2, 0.25) is 10.0 Å². The molecule has 5 rings (SSSR count). The maximum absolute atomic E-state index is 13.8. The number of carbonyl (C=O) groups excluding carboxylic acids is 1. The predicted octanol–water partition coefficient (Wildman–Crippen LogP) is 5.33. The number of hydrogen-bond acceptors (Lipinski definition) is 6. The fraction of sp³-hybridized carbons (Fsp3) is 0.296. The Kier molecular flexibility index (Phi) is 6.87.